The Morgan fingerprint density at radius 1 is 0.960 bits per heavy atom. The highest BCUT2D eigenvalue weighted by atomic mass is 32.2. The Labute approximate surface area is 152 Å². The van der Waals surface area contributed by atoms with Gasteiger partial charge in [-0.1, -0.05) is 43.8 Å². The van der Waals surface area contributed by atoms with Crippen molar-refractivity contribution in [2.45, 2.75) is 25.2 Å². The van der Waals surface area contributed by atoms with E-state index in [1.165, 1.54) is 17.8 Å². The van der Waals surface area contributed by atoms with Crippen molar-refractivity contribution >= 4 is 35.0 Å². The molecule has 4 nitrogen and oxygen atoms in total. The van der Waals surface area contributed by atoms with Crippen LogP contribution in [0, 0.1) is 5.92 Å². The summed E-state index contributed by atoms with van der Waals surface area (Å²) in [4.78, 5) is 24.7. The molecule has 0 bridgehead atoms. The Hall–Kier alpha value is -2.53. The van der Waals surface area contributed by atoms with E-state index in [0.29, 0.717) is 18.0 Å². The number of anilines is 2. The van der Waals surface area contributed by atoms with E-state index >= 15 is 0 Å². The fraction of sp³-hybridized carbons (Fsp3) is 0.200. The number of carbonyl (C=O) groups excluding carboxylic acids is 2. The van der Waals surface area contributed by atoms with Crippen LogP contribution in [0.2, 0.25) is 0 Å². The summed E-state index contributed by atoms with van der Waals surface area (Å²) in [6, 6.07) is 16.9. The van der Waals surface area contributed by atoms with E-state index in [9.17, 15) is 9.59 Å². The molecule has 2 amide bonds. The van der Waals surface area contributed by atoms with Crippen LogP contribution < -0.4 is 10.6 Å². The van der Waals surface area contributed by atoms with Crippen molar-refractivity contribution in [3.8, 4) is 0 Å². The number of hydrogen-bond acceptors (Lipinski definition) is 3. The van der Waals surface area contributed by atoms with E-state index in [2.05, 4.69) is 10.6 Å². The van der Waals surface area contributed by atoms with Crippen molar-refractivity contribution in [2.75, 3.05) is 10.6 Å². The van der Waals surface area contributed by atoms with Gasteiger partial charge in [0.2, 0.25) is 11.8 Å². The van der Waals surface area contributed by atoms with Gasteiger partial charge in [-0.2, -0.15) is 0 Å². The summed E-state index contributed by atoms with van der Waals surface area (Å²) in [7, 11) is 0. The first kappa shape index (κ1) is 18.8. The highest BCUT2D eigenvalue weighted by Crippen LogP contribution is 2.18. The molecular weight excluding hydrogens is 332 g/mol. The fourth-order valence-electron chi connectivity index (χ4n) is 2.08. The van der Waals surface area contributed by atoms with Crippen LogP contribution in [0.4, 0.5) is 11.4 Å². The van der Waals surface area contributed by atoms with E-state index in [1.807, 2.05) is 44.2 Å². The van der Waals surface area contributed by atoms with Crippen molar-refractivity contribution in [1.82, 2.24) is 0 Å². The smallest absolute Gasteiger partial charge is 0.248 e. The Balaban J connectivity index is 1.82. The van der Waals surface area contributed by atoms with Crippen molar-refractivity contribution in [3.05, 3.63) is 66.1 Å². The fourth-order valence-corrected chi connectivity index (χ4v) is 2.74. The molecule has 0 spiro atoms. The first-order chi connectivity index (χ1) is 12.0. The van der Waals surface area contributed by atoms with Gasteiger partial charge >= 0.3 is 0 Å². The standard InChI is InChI=1S/C20H22N2O2S/c1-15(2)14-20(24)22-17-10-8-16(9-11-17)21-19(23)12-13-25-18-6-4-3-5-7-18/h3-13,15H,14H2,1-2H3,(H,21,23)(H,22,24). The molecule has 0 heterocycles. The molecule has 0 unspecified atom stereocenters. The molecular formula is C20H22N2O2S. The van der Waals surface area contributed by atoms with Gasteiger partial charge < -0.3 is 10.6 Å². The van der Waals surface area contributed by atoms with Crippen LogP contribution in [0.15, 0.2) is 71.0 Å². The summed E-state index contributed by atoms with van der Waals surface area (Å²) in [6.07, 6.45) is 1.98. The summed E-state index contributed by atoms with van der Waals surface area (Å²) in [5, 5.41) is 7.38. The number of carbonyl (C=O) groups is 2. The minimum Gasteiger partial charge on any atom is -0.326 e. The van der Waals surface area contributed by atoms with Crippen molar-refractivity contribution in [3.63, 3.8) is 0 Å². The highest BCUT2D eigenvalue weighted by molar-refractivity contribution is 8.02. The van der Waals surface area contributed by atoms with Gasteiger partial charge in [0, 0.05) is 28.8 Å². The van der Waals surface area contributed by atoms with E-state index in [-0.39, 0.29) is 11.8 Å². The predicted octanol–water partition coefficient (Wildman–Crippen LogP) is 4.92. The van der Waals surface area contributed by atoms with Crippen LogP contribution in [-0.4, -0.2) is 11.8 Å². The number of amides is 2. The molecule has 130 valence electrons. The lowest BCUT2D eigenvalue weighted by Gasteiger charge is -2.08. The topological polar surface area (TPSA) is 58.2 Å². The predicted molar refractivity (Wildman–Crippen MR) is 105 cm³/mol. The third-order valence-corrected chi connectivity index (χ3v) is 4.01. The van der Waals surface area contributed by atoms with Crippen molar-refractivity contribution in [2.24, 2.45) is 5.92 Å². The second-order valence-electron chi connectivity index (χ2n) is 5.95. The Bertz CT molecular complexity index is 725. The second kappa shape index (κ2) is 9.69. The number of benzene rings is 2. The molecule has 0 aliphatic rings. The van der Waals surface area contributed by atoms with Gasteiger partial charge in [0.05, 0.1) is 0 Å². The second-order valence-corrected chi connectivity index (χ2v) is 6.93. The Morgan fingerprint density at radius 3 is 2.16 bits per heavy atom. The maximum atomic E-state index is 11.9. The lowest BCUT2D eigenvalue weighted by molar-refractivity contribution is -0.117. The van der Waals surface area contributed by atoms with Gasteiger partial charge in [-0.15, -0.1) is 0 Å². The van der Waals surface area contributed by atoms with E-state index < -0.39 is 0 Å². The van der Waals surface area contributed by atoms with E-state index in [0.717, 1.165) is 10.6 Å². The van der Waals surface area contributed by atoms with Crippen LogP contribution in [0.1, 0.15) is 20.3 Å². The molecule has 2 N–H and O–H groups in total. The lowest BCUT2D eigenvalue weighted by atomic mass is 10.1. The quantitative estimate of drug-likeness (QED) is 0.548. The van der Waals surface area contributed by atoms with Crippen molar-refractivity contribution in [1.29, 1.82) is 0 Å². The van der Waals surface area contributed by atoms with Crippen LogP contribution in [-0.2, 0) is 9.59 Å². The van der Waals surface area contributed by atoms with Gasteiger partial charge in [0.15, 0.2) is 0 Å². The van der Waals surface area contributed by atoms with E-state index in [4.69, 9.17) is 0 Å². The Morgan fingerprint density at radius 2 is 1.56 bits per heavy atom. The summed E-state index contributed by atoms with van der Waals surface area (Å²) >= 11 is 1.48. The van der Waals surface area contributed by atoms with Gasteiger partial charge in [0.25, 0.3) is 0 Å². The average Bonchev–Trinajstić information content (AvgIpc) is 2.57. The zero-order valence-corrected chi connectivity index (χ0v) is 15.2. The zero-order chi connectivity index (χ0) is 18.1. The SMILES string of the molecule is CC(C)CC(=O)Nc1ccc(NC(=O)C=CSc2ccccc2)cc1. The highest BCUT2D eigenvalue weighted by Gasteiger charge is 2.05. The summed E-state index contributed by atoms with van der Waals surface area (Å²) in [6.45, 7) is 4.00. The molecule has 2 aromatic carbocycles. The van der Waals surface area contributed by atoms with Gasteiger partial charge in [-0.05, 0) is 47.7 Å². The molecule has 0 atom stereocenters. The first-order valence-electron chi connectivity index (χ1n) is 8.12. The molecule has 0 fully saturated rings. The summed E-state index contributed by atoms with van der Waals surface area (Å²) < 4.78 is 0. The molecule has 0 saturated carbocycles. The van der Waals surface area contributed by atoms with E-state index in [1.54, 1.807) is 29.7 Å². The molecule has 0 aliphatic heterocycles. The molecule has 2 aromatic rings. The van der Waals surface area contributed by atoms with Crippen LogP contribution in [0.5, 0.6) is 0 Å². The molecule has 0 saturated heterocycles. The largest absolute Gasteiger partial charge is 0.326 e. The number of rotatable bonds is 7. The molecule has 25 heavy (non-hydrogen) atoms. The molecule has 0 aromatic heterocycles. The minimum atomic E-state index is -0.194. The average molecular weight is 354 g/mol. The lowest BCUT2D eigenvalue weighted by Crippen LogP contribution is -2.14. The molecule has 0 radical (unpaired) electrons. The summed E-state index contributed by atoms with van der Waals surface area (Å²) in [5.74, 6) is 0.117. The van der Waals surface area contributed by atoms with Crippen molar-refractivity contribution < 1.29 is 9.59 Å². The van der Waals surface area contributed by atoms with Gasteiger partial charge in [-0.3, -0.25) is 9.59 Å². The minimum absolute atomic E-state index is 0.00680. The normalized spacial score (nSPS) is 10.8. The molecule has 0 aliphatic carbocycles. The third kappa shape index (κ3) is 7.27. The molecule has 5 heteroatoms. The van der Waals surface area contributed by atoms with Gasteiger partial charge in [0.1, 0.15) is 0 Å². The third-order valence-electron chi connectivity index (χ3n) is 3.20. The maximum absolute atomic E-state index is 11.9. The first-order valence-corrected chi connectivity index (χ1v) is 9.00. The summed E-state index contributed by atoms with van der Waals surface area (Å²) in [5.41, 5.74) is 1.40. The number of thioether (sulfide) groups is 1. The van der Waals surface area contributed by atoms with Crippen LogP contribution >= 0.6 is 11.8 Å². The van der Waals surface area contributed by atoms with Crippen LogP contribution in [0.25, 0.3) is 0 Å². The van der Waals surface area contributed by atoms with Crippen LogP contribution in [0.3, 0.4) is 0 Å². The maximum Gasteiger partial charge on any atom is 0.248 e. The molecule has 2 rings (SSSR count). The Kier molecular flexibility index (Phi) is 7.29. The number of nitrogens with one attached hydrogen (secondary N) is 2. The zero-order valence-electron chi connectivity index (χ0n) is 14.4. The number of hydrogen-bond donors (Lipinski definition) is 2. The monoisotopic (exact) mass is 354 g/mol. The van der Waals surface area contributed by atoms with Gasteiger partial charge in [-0.25, -0.2) is 0 Å².